The molecule has 0 spiro atoms. The zero-order valence-corrected chi connectivity index (χ0v) is 22.4. The number of methoxy groups -OCH3 is 1. The van der Waals surface area contributed by atoms with Crippen molar-refractivity contribution in [1.29, 1.82) is 0 Å². The minimum atomic E-state index is -0.876. The van der Waals surface area contributed by atoms with Gasteiger partial charge in [-0.05, 0) is 60.4 Å². The number of anilines is 1. The van der Waals surface area contributed by atoms with E-state index in [0.29, 0.717) is 29.5 Å². The summed E-state index contributed by atoms with van der Waals surface area (Å²) in [5, 5.41) is 11.7. The molecule has 1 heterocycles. The molecule has 1 atom stereocenters. The molecule has 8 heteroatoms. The second kappa shape index (κ2) is 10.9. The lowest BCUT2D eigenvalue weighted by Crippen LogP contribution is -2.29. The largest absolute Gasteiger partial charge is 0.507 e. The van der Waals surface area contributed by atoms with Gasteiger partial charge < -0.3 is 14.6 Å². The molecule has 0 aromatic heterocycles. The van der Waals surface area contributed by atoms with Crippen LogP contribution in [0.2, 0.25) is 10.0 Å². The summed E-state index contributed by atoms with van der Waals surface area (Å²) in [5.41, 5.74) is 2.41. The second-order valence-corrected chi connectivity index (χ2v) is 9.70. The first-order valence-electron chi connectivity index (χ1n) is 11.8. The maximum Gasteiger partial charge on any atom is 0.300 e. The van der Waals surface area contributed by atoms with E-state index in [2.05, 4.69) is 13.8 Å². The van der Waals surface area contributed by atoms with Crippen molar-refractivity contribution in [1.82, 2.24) is 0 Å². The fraction of sp³-hybridized carbons (Fsp3) is 0.241. The molecule has 0 radical (unpaired) electrons. The van der Waals surface area contributed by atoms with Crippen LogP contribution >= 0.6 is 23.2 Å². The molecule has 3 aromatic carbocycles. The number of hydrogen-bond donors (Lipinski definition) is 1. The van der Waals surface area contributed by atoms with Gasteiger partial charge in [0.15, 0.2) is 5.75 Å². The lowest BCUT2D eigenvalue weighted by molar-refractivity contribution is -0.132. The highest BCUT2D eigenvalue weighted by Crippen LogP contribution is 2.44. The summed E-state index contributed by atoms with van der Waals surface area (Å²) in [6.45, 7) is 6.54. The van der Waals surface area contributed by atoms with Crippen LogP contribution in [-0.2, 0) is 9.59 Å². The molecule has 1 saturated heterocycles. The van der Waals surface area contributed by atoms with Crippen molar-refractivity contribution in [2.75, 3.05) is 18.6 Å². The SMILES string of the molecule is CCOc1ccc(N2C(=O)C(=O)/C(=C(/O)c3cc(Cl)c(OC)c(Cl)c3)C2c2ccc(C(C)C)cc2)cc1. The number of aliphatic hydroxyl groups is 1. The Morgan fingerprint density at radius 3 is 2.11 bits per heavy atom. The van der Waals surface area contributed by atoms with Gasteiger partial charge in [-0.15, -0.1) is 0 Å². The lowest BCUT2D eigenvalue weighted by atomic mass is 9.93. The molecule has 192 valence electrons. The molecule has 37 heavy (non-hydrogen) atoms. The molecule has 6 nitrogen and oxygen atoms in total. The molecule has 0 bridgehead atoms. The summed E-state index contributed by atoms with van der Waals surface area (Å²) in [6, 6.07) is 16.6. The number of hydrogen-bond acceptors (Lipinski definition) is 5. The molecule has 3 aromatic rings. The molecule has 1 unspecified atom stereocenters. The van der Waals surface area contributed by atoms with Gasteiger partial charge in [-0.2, -0.15) is 0 Å². The predicted octanol–water partition coefficient (Wildman–Crippen LogP) is 7.15. The molecule has 1 aliphatic heterocycles. The third-order valence-corrected chi connectivity index (χ3v) is 6.83. The average Bonchev–Trinajstić information content (AvgIpc) is 3.14. The van der Waals surface area contributed by atoms with E-state index in [1.54, 1.807) is 24.3 Å². The van der Waals surface area contributed by atoms with Crippen LogP contribution < -0.4 is 14.4 Å². The maximum atomic E-state index is 13.4. The first-order valence-corrected chi connectivity index (χ1v) is 12.6. The Kier molecular flexibility index (Phi) is 7.81. The number of ether oxygens (including phenoxy) is 2. The summed E-state index contributed by atoms with van der Waals surface area (Å²) in [5.74, 6) is -0.758. The van der Waals surface area contributed by atoms with Gasteiger partial charge in [0.25, 0.3) is 11.7 Å². The Hall–Kier alpha value is -3.48. The number of amides is 1. The fourth-order valence-corrected chi connectivity index (χ4v) is 5.04. The van der Waals surface area contributed by atoms with Crippen molar-refractivity contribution in [3.05, 3.63) is 93.0 Å². The number of benzene rings is 3. The average molecular weight is 540 g/mol. The molecule has 0 saturated carbocycles. The number of nitrogens with zero attached hydrogens (tertiary/aromatic N) is 1. The van der Waals surface area contributed by atoms with Crippen LogP contribution in [0.3, 0.4) is 0 Å². The van der Waals surface area contributed by atoms with Gasteiger partial charge >= 0.3 is 0 Å². The summed E-state index contributed by atoms with van der Waals surface area (Å²) in [6.07, 6.45) is 0. The predicted molar refractivity (Wildman–Crippen MR) is 146 cm³/mol. The smallest absolute Gasteiger partial charge is 0.300 e. The van der Waals surface area contributed by atoms with Crippen LogP contribution in [0.1, 0.15) is 49.4 Å². The van der Waals surface area contributed by atoms with Crippen LogP contribution in [0.4, 0.5) is 5.69 Å². The zero-order valence-electron chi connectivity index (χ0n) is 20.9. The van der Waals surface area contributed by atoms with Crippen LogP contribution in [0, 0.1) is 0 Å². The second-order valence-electron chi connectivity index (χ2n) is 8.89. The van der Waals surface area contributed by atoms with E-state index < -0.39 is 17.7 Å². The van der Waals surface area contributed by atoms with Gasteiger partial charge in [0.1, 0.15) is 11.5 Å². The molecule has 1 amide bonds. The molecular formula is C29H27Cl2NO5. The van der Waals surface area contributed by atoms with E-state index in [-0.39, 0.29) is 32.7 Å². The third-order valence-electron chi connectivity index (χ3n) is 6.27. The highest BCUT2D eigenvalue weighted by atomic mass is 35.5. The minimum Gasteiger partial charge on any atom is -0.507 e. The molecule has 4 rings (SSSR count). The summed E-state index contributed by atoms with van der Waals surface area (Å²) in [4.78, 5) is 28.2. The number of ketones is 1. The number of Topliss-reactive ketones (excluding diaryl/α,β-unsaturated/α-hetero) is 1. The number of carbonyl (C=O) groups is 2. The standard InChI is InChI=1S/C29H27Cl2NO5/c1-5-37-21-12-10-20(11-13-21)32-25(18-8-6-17(7-9-18)16(2)3)24(27(34)29(32)35)26(33)19-14-22(30)28(36-4)23(31)15-19/h6-16,25,33H,5H2,1-4H3/b26-24+. The van der Waals surface area contributed by atoms with Crippen molar-refractivity contribution in [2.45, 2.75) is 32.7 Å². The Morgan fingerprint density at radius 1 is 1.00 bits per heavy atom. The fourth-order valence-electron chi connectivity index (χ4n) is 4.39. The molecule has 1 aliphatic rings. The van der Waals surface area contributed by atoms with Gasteiger partial charge in [0, 0.05) is 11.3 Å². The summed E-state index contributed by atoms with van der Waals surface area (Å²) in [7, 11) is 1.43. The van der Waals surface area contributed by atoms with Crippen molar-refractivity contribution < 1.29 is 24.2 Å². The summed E-state index contributed by atoms with van der Waals surface area (Å²) < 4.78 is 10.7. The summed E-state index contributed by atoms with van der Waals surface area (Å²) >= 11 is 12.6. The Labute approximate surface area is 226 Å². The third kappa shape index (κ3) is 5.04. The monoisotopic (exact) mass is 539 g/mol. The van der Waals surface area contributed by atoms with Gasteiger partial charge in [0.05, 0.1) is 35.4 Å². The number of halogens is 2. The van der Waals surface area contributed by atoms with Crippen molar-refractivity contribution in [3.8, 4) is 11.5 Å². The first-order chi connectivity index (χ1) is 17.7. The molecule has 0 aliphatic carbocycles. The lowest BCUT2D eigenvalue weighted by Gasteiger charge is -2.26. The van der Waals surface area contributed by atoms with E-state index in [0.717, 1.165) is 5.56 Å². The molecular weight excluding hydrogens is 513 g/mol. The van der Waals surface area contributed by atoms with E-state index in [4.69, 9.17) is 32.7 Å². The Bertz CT molecular complexity index is 1340. The maximum absolute atomic E-state index is 13.4. The van der Waals surface area contributed by atoms with Gasteiger partial charge in [-0.3, -0.25) is 14.5 Å². The Morgan fingerprint density at radius 2 is 1.59 bits per heavy atom. The van der Waals surface area contributed by atoms with E-state index in [9.17, 15) is 14.7 Å². The van der Waals surface area contributed by atoms with Gasteiger partial charge in [-0.25, -0.2) is 0 Å². The first kappa shape index (κ1) is 26.6. The normalized spacial score (nSPS) is 16.9. The highest BCUT2D eigenvalue weighted by molar-refractivity contribution is 6.51. The minimum absolute atomic E-state index is 0.0616. The van der Waals surface area contributed by atoms with Crippen LogP contribution in [-0.4, -0.2) is 30.5 Å². The van der Waals surface area contributed by atoms with Gasteiger partial charge in [0.2, 0.25) is 0 Å². The quantitative estimate of drug-likeness (QED) is 0.196. The van der Waals surface area contributed by atoms with Crippen molar-refractivity contribution >= 4 is 46.3 Å². The zero-order chi connectivity index (χ0) is 26.9. The van der Waals surface area contributed by atoms with E-state index in [1.165, 1.54) is 24.1 Å². The van der Waals surface area contributed by atoms with Gasteiger partial charge in [-0.1, -0.05) is 61.3 Å². The van der Waals surface area contributed by atoms with Crippen LogP contribution in [0.5, 0.6) is 11.5 Å². The number of carbonyl (C=O) groups excluding carboxylic acids is 2. The molecule has 1 N–H and O–H groups in total. The van der Waals surface area contributed by atoms with Crippen molar-refractivity contribution in [2.24, 2.45) is 0 Å². The molecule has 1 fully saturated rings. The van der Waals surface area contributed by atoms with Crippen LogP contribution in [0.15, 0.2) is 66.2 Å². The number of aliphatic hydroxyl groups excluding tert-OH is 1. The van der Waals surface area contributed by atoms with E-state index in [1.807, 2.05) is 31.2 Å². The topological polar surface area (TPSA) is 76.1 Å². The number of rotatable bonds is 7. The Balaban J connectivity index is 1.91. The van der Waals surface area contributed by atoms with Crippen molar-refractivity contribution in [3.63, 3.8) is 0 Å². The highest BCUT2D eigenvalue weighted by Gasteiger charge is 2.47. The van der Waals surface area contributed by atoms with E-state index >= 15 is 0 Å². The van der Waals surface area contributed by atoms with Crippen LogP contribution in [0.25, 0.3) is 5.76 Å².